The van der Waals surface area contributed by atoms with Crippen LogP contribution in [0.3, 0.4) is 0 Å². The van der Waals surface area contributed by atoms with Gasteiger partial charge in [-0.3, -0.25) is 14.5 Å². The van der Waals surface area contributed by atoms with Gasteiger partial charge in [-0.25, -0.2) is 0 Å². The predicted octanol–water partition coefficient (Wildman–Crippen LogP) is 2.28. The standard InChI is InChI=1S/C15H14F3NO3/c16-15(17,18)9-22-14-7-6-11(14)12(20)19(13(14)21)8-10-4-2-1-3-5-10/h1-5,11H,6-9H2. The normalized spacial score (nSPS) is 27.8. The average Bonchev–Trinajstić information content (AvgIpc) is 2.55. The molecule has 2 fully saturated rings. The van der Waals surface area contributed by atoms with Crippen LogP contribution in [0.4, 0.5) is 13.2 Å². The minimum atomic E-state index is -4.52. The quantitative estimate of drug-likeness (QED) is 0.801. The zero-order valence-corrected chi connectivity index (χ0v) is 11.6. The molecule has 2 atom stereocenters. The number of fused-ring (bicyclic) bond motifs is 1. The lowest BCUT2D eigenvalue weighted by Crippen LogP contribution is -2.54. The van der Waals surface area contributed by atoms with E-state index < -0.39 is 36.1 Å². The SMILES string of the molecule is O=C1C2CCC2(OCC(F)(F)F)C(=O)N1Cc1ccccc1. The fourth-order valence-electron chi connectivity index (χ4n) is 3.01. The largest absolute Gasteiger partial charge is 0.411 e. The van der Waals surface area contributed by atoms with Crippen molar-refractivity contribution in [2.45, 2.75) is 31.2 Å². The van der Waals surface area contributed by atoms with Crippen molar-refractivity contribution in [2.24, 2.45) is 5.92 Å². The molecule has 2 amide bonds. The van der Waals surface area contributed by atoms with Crippen LogP contribution in [0.5, 0.6) is 0 Å². The van der Waals surface area contributed by atoms with Crippen LogP contribution in [-0.4, -0.2) is 35.1 Å². The maximum Gasteiger partial charge on any atom is 0.411 e. The number of halogens is 3. The first-order chi connectivity index (χ1) is 10.3. The molecule has 0 bridgehead atoms. The summed E-state index contributed by atoms with van der Waals surface area (Å²) in [6.45, 7) is -1.45. The van der Waals surface area contributed by atoms with Gasteiger partial charge < -0.3 is 4.74 Å². The molecule has 0 spiro atoms. The lowest BCUT2D eigenvalue weighted by molar-refractivity contribution is -0.225. The number of alkyl halides is 3. The molecular weight excluding hydrogens is 299 g/mol. The highest BCUT2D eigenvalue weighted by Gasteiger charge is 2.66. The van der Waals surface area contributed by atoms with Crippen LogP contribution in [0.1, 0.15) is 18.4 Å². The van der Waals surface area contributed by atoms with E-state index in [0.717, 1.165) is 10.5 Å². The summed E-state index contributed by atoms with van der Waals surface area (Å²) >= 11 is 0. The minimum Gasteiger partial charge on any atom is -0.355 e. The Labute approximate surface area is 124 Å². The number of amides is 2. The van der Waals surface area contributed by atoms with Gasteiger partial charge in [0.1, 0.15) is 6.61 Å². The van der Waals surface area contributed by atoms with Gasteiger partial charge in [0.05, 0.1) is 12.5 Å². The van der Waals surface area contributed by atoms with E-state index in [1.54, 1.807) is 30.3 Å². The molecule has 2 unspecified atom stereocenters. The van der Waals surface area contributed by atoms with Gasteiger partial charge in [0.15, 0.2) is 5.60 Å². The second-order valence-corrected chi connectivity index (χ2v) is 5.60. The maximum atomic E-state index is 12.4. The zero-order valence-electron chi connectivity index (χ0n) is 11.6. The van der Waals surface area contributed by atoms with E-state index in [-0.39, 0.29) is 13.0 Å². The molecule has 1 saturated carbocycles. The molecular formula is C15H14F3NO3. The van der Waals surface area contributed by atoms with Crippen LogP contribution in [-0.2, 0) is 20.9 Å². The van der Waals surface area contributed by atoms with Crippen LogP contribution in [0, 0.1) is 5.92 Å². The summed E-state index contributed by atoms with van der Waals surface area (Å²) in [7, 11) is 0. The lowest BCUT2D eigenvalue weighted by atomic mass is 9.71. The van der Waals surface area contributed by atoms with Gasteiger partial charge in [-0.1, -0.05) is 30.3 Å². The number of carbonyl (C=O) groups is 2. The van der Waals surface area contributed by atoms with E-state index in [0.29, 0.717) is 6.42 Å². The summed E-state index contributed by atoms with van der Waals surface area (Å²) in [6, 6.07) is 8.85. The average molecular weight is 313 g/mol. The van der Waals surface area contributed by atoms with Gasteiger partial charge in [-0.2, -0.15) is 13.2 Å². The summed E-state index contributed by atoms with van der Waals surface area (Å²) in [5, 5.41) is 0. The molecule has 0 aromatic heterocycles. The van der Waals surface area contributed by atoms with Crippen LogP contribution in [0.2, 0.25) is 0 Å². The highest BCUT2D eigenvalue weighted by atomic mass is 19.4. The molecule has 0 N–H and O–H groups in total. The van der Waals surface area contributed by atoms with Crippen LogP contribution >= 0.6 is 0 Å². The summed E-state index contributed by atoms with van der Waals surface area (Å²) in [6.07, 6.45) is -3.98. The van der Waals surface area contributed by atoms with Gasteiger partial charge in [0.2, 0.25) is 5.91 Å². The second kappa shape index (κ2) is 5.08. The number of imide groups is 1. The van der Waals surface area contributed by atoms with Crippen molar-refractivity contribution in [2.75, 3.05) is 6.61 Å². The Balaban J connectivity index is 1.78. The molecule has 7 heteroatoms. The van der Waals surface area contributed by atoms with Gasteiger partial charge in [0.25, 0.3) is 5.91 Å². The Bertz CT molecular complexity index is 602. The van der Waals surface area contributed by atoms with Crippen molar-refractivity contribution in [3.05, 3.63) is 35.9 Å². The van der Waals surface area contributed by atoms with Gasteiger partial charge in [-0.05, 0) is 18.4 Å². The van der Waals surface area contributed by atoms with E-state index in [1.807, 2.05) is 0 Å². The Morgan fingerprint density at radius 3 is 2.45 bits per heavy atom. The van der Waals surface area contributed by atoms with E-state index in [4.69, 9.17) is 4.74 Å². The summed E-state index contributed by atoms with van der Waals surface area (Å²) in [5.74, 6) is -1.88. The number of benzene rings is 1. The van der Waals surface area contributed by atoms with Crippen molar-refractivity contribution in [3.8, 4) is 0 Å². The molecule has 1 heterocycles. The fourth-order valence-corrected chi connectivity index (χ4v) is 3.01. The smallest absolute Gasteiger partial charge is 0.355 e. The van der Waals surface area contributed by atoms with Gasteiger partial charge >= 0.3 is 6.18 Å². The molecule has 1 aromatic rings. The molecule has 3 rings (SSSR count). The highest BCUT2D eigenvalue weighted by molar-refractivity contribution is 6.10. The number of ether oxygens (including phenoxy) is 1. The predicted molar refractivity (Wildman–Crippen MR) is 69.5 cm³/mol. The number of likely N-dealkylation sites (tertiary alicyclic amines) is 1. The van der Waals surface area contributed by atoms with Crippen molar-refractivity contribution in [1.82, 2.24) is 4.90 Å². The Morgan fingerprint density at radius 1 is 1.23 bits per heavy atom. The van der Waals surface area contributed by atoms with Crippen LogP contribution in [0.15, 0.2) is 30.3 Å². The Hall–Kier alpha value is -1.89. The number of carbonyl (C=O) groups excluding carboxylic acids is 2. The first kappa shape index (κ1) is 15.0. The second-order valence-electron chi connectivity index (χ2n) is 5.60. The minimum absolute atomic E-state index is 0.0616. The monoisotopic (exact) mass is 313 g/mol. The van der Waals surface area contributed by atoms with Crippen molar-refractivity contribution < 1.29 is 27.5 Å². The molecule has 1 saturated heterocycles. The first-order valence-corrected chi connectivity index (χ1v) is 6.94. The van der Waals surface area contributed by atoms with Gasteiger partial charge in [-0.15, -0.1) is 0 Å². The third kappa shape index (κ3) is 2.39. The third-order valence-electron chi connectivity index (χ3n) is 4.22. The van der Waals surface area contributed by atoms with E-state index in [1.165, 1.54) is 0 Å². The van der Waals surface area contributed by atoms with Crippen LogP contribution < -0.4 is 0 Å². The zero-order chi connectivity index (χ0) is 16.0. The lowest BCUT2D eigenvalue weighted by Gasteiger charge is -2.40. The molecule has 118 valence electrons. The summed E-state index contributed by atoms with van der Waals surface area (Å²) in [4.78, 5) is 25.7. The molecule has 4 nitrogen and oxygen atoms in total. The van der Waals surface area contributed by atoms with Crippen molar-refractivity contribution in [1.29, 1.82) is 0 Å². The number of hydrogen-bond donors (Lipinski definition) is 0. The third-order valence-corrected chi connectivity index (χ3v) is 4.22. The van der Waals surface area contributed by atoms with E-state index in [9.17, 15) is 22.8 Å². The summed E-state index contributed by atoms with van der Waals surface area (Å²) < 4.78 is 42.0. The van der Waals surface area contributed by atoms with Crippen molar-refractivity contribution >= 4 is 11.8 Å². The first-order valence-electron chi connectivity index (χ1n) is 6.94. The highest BCUT2D eigenvalue weighted by Crippen LogP contribution is 2.49. The van der Waals surface area contributed by atoms with E-state index >= 15 is 0 Å². The van der Waals surface area contributed by atoms with Gasteiger partial charge in [0, 0.05) is 0 Å². The molecule has 1 aliphatic heterocycles. The molecule has 0 radical (unpaired) electrons. The molecule has 1 aliphatic carbocycles. The van der Waals surface area contributed by atoms with E-state index in [2.05, 4.69) is 0 Å². The topological polar surface area (TPSA) is 46.6 Å². The molecule has 1 aromatic carbocycles. The van der Waals surface area contributed by atoms with Crippen molar-refractivity contribution in [3.63, 3.8) is 0 Å². The molecule has 2 aliphatic rings. The summed E-state index contributed by atoms with van der Waals surface area (Å²) in [5.41, 5.74) is -0.863. The Morgan fingerprint density at radius 2 is 1.91 bits per heavy atom. The molecule has 22 heavy (non-hydrogen) atoms. The number of rotatable bonds is 4. The number of nitrogens with zero attached hydrogens (tertiary/aromatic N) is 1. The maximum absolute atomic E-state index is 12.4. The Kier molecular flexibility index (Phi) is 3.47. The fraction of sp³-hybridized carbons (Fsp3) is 0.467. The number of hydrogen-bond acceptors (Lipinski definition) is 3. The van der Waals surface area contributed by atoms with Crippen LogP contribution in [0.25, 0.3) is 0 Å².